The molecule has 112 valence electrons. The second kappa shape index (κ2) is 5.64. The van der Waals surface area contributed by atoms with Crippen LogP contribution in [0.2, 0.25) is 0 Å². The summed E-state index contributed by atoms with van der Waals surface area (Å²) in [6, 6.07) is 11.0. The molecule has 1 aromatic carbocycles. The van der Waals surface area contributed by atoms with Crippen molar-refractivity contribution in [2.45, 2.75) is 26.7 Å². The van der Waals surface area contributed by atoms with Crippen molar-refractivity contribution >= 4 is 16.6 Å². The van der Waals surface area contributed by atoms with Crippen LogP contribution in [0.25, 0.3) is 22.1 Å². The van der Waals surface area contributed by atoms with Crippen LogP contribution in [0.3, 0.4) is 0 Å². The highest BCUT2D eigenvalue weighted by Crippen LogP contribution is 2.32. The Balaban J connectivity index is 2.28. The fourth-order valence-electron chi connectivity index (χ4n) is 2.55. The number of ketones is 1. The second-order valence-electron chi connectivity index (χ2n) is 5.35. The molecule has 0 fully saturated rings. The molecule has 0 aliphatic rings. The van der Waals surface area contributed by atoms with E-state index in [4.69, 9.17) is 8.83 Å². The Kier molecular flexibility index (Phi) is 3.67. The molecule has 0 unspecified atom stereocenters. The van der Waals surface area contributed by atoms with Crippen LogP contribution in [0, 0.1) is 6.92 Å². The zero-order chi connectivity index (χ0) is 15.7. The van der Waals surface area contributed by atoms with Crippen LogP contribution in [0.1, 0.15) is 24.9 Å². The molecule has 0 bridgehead atoms. The molecular formula is C18H16O4. The third-order valence-electron chi connectivity index (χ3n) is 3.60. The minimum atomic E-state index is -0.388. The highest BCUT2D eigenvalue weighted by Gasteiger charge is 2.18. The molecule has 0 amide bonds. The van der Waals surface area contributed by atoms with E-state index in [1.54, 1.807) is 12.1 Å². The lowest BCUT2D eigenvalue weighted by atomic mass is 10.0. The Hall–Kier alpha value is -2.62. The summed E-state index contributed by atoms with van der Waals surface area (Å²) in [5.41, 5.74) is 0.366. The molecule has 2 heterocycles. The van der Waals surface area contributed by atoms with E-state index < -0.39 is 0 Å². The molecule has 0 N–H and O–H groups in total. The van der Waals surface area contributed by atoms with Gasteiger partial charge >= 0.3 is 5.63 Å². The molecule has 0 atom stereocenters. The number of aryl methyl sites for hydroxylation is 2. The van der Waals surface area contributed by atoms with Crippen LogP contribution in [-0.4, -0.2) is 5.78 Å². The summed E-state index contributed by atoms with van der Waals surface area (Å²) in [4.78, 5) is 23.4. The van der Waals surface area contributed by atoms with Crippen LogP contribution in [0.4, 0.5) is 0 Å². The fraction of sp³-hybridized carbons (Fsp3) is 0.222. The molecular weight excluding hydrogens is 280 g/mol. The quantitative estimate of drug-likeness (QED) is 0.733. The summed E-state index contributed by atoms with van der Waals surface area (Å²) in [6.07, 6.45) is 0.707. The third kappa shape index (κ3) is 2.60. The maximum Gasteiger partial charge on any atom is 0.343 e. The molecule has 2 aromatic heterocycles. The van der Waals surface area contributed by atoms with E-state index in [9.17, 15) is 9.59 Å². The number of carbonyl (C=O) groups is 1. The molecule has 0 saturated heterocycles. The Morgan fingerprint density at radius 1 is 1.05 bits per heavy atom. The first-order valence-corrected chi connectivity index (χ1v) is 7.17. The maximum absolute atomic E-state index is 12.2. The monoisotopic (exact) mass is 296 g/mol. The van der Waals surface area contributed by atoms with Crippen LogP contribution >= 0.6 is 0 Å². The van der Waals surface area contributed by atoms with E-state index in [0.717, 1.165) is 16.7 Å². The average Bonchev–Trinajstić information content (AvgIpc) is 2.91. The SMILES string of the molecule is CC(=O)CCc1oc(=O)c2ccccc2c1-c1ccc(C)o1. The predicted molar refractivity (Wildman–Crippen MR) is 83.9 cm³/mol. The Morgan fingerprint density at radius 3 is 2.41 bits per heavy atom. The number of carbonyl (C=O) groups excluding carboxylic acids is 1. The zero-order valence-electron chi connectivity index (χ0n) is 12.5. The van der Waals surface area contributed by atoms with Crippen molar-refractivity contribution in [3.05, 3.63) is 58.3 Å². The summed E-state index contributed by atoms with van der Waals surface area (Å²) in [5.74, 6) is 1.98. The molecule has 0 aliphatic heterocycles. The van der Waals surface area contributed by atoms with Gasteiger partial charge < -0.3 is 13.6 Å². The Bertz CT molecular complexity index is 899. The largest absolute Gasteiger partial charge is 0.461 e. The lowest BCUT2D eigenvalue weighted by molar-refractivity contribution is -0.117. The van der Waals surface area contributed by atoms with Gasteiger partial charge in [0, 0.05) is 18.2 Å². The van der Waals surface area contributed by atoms with Crippen molar-refractivity contribution in [3.8, 4) is 11.3 Å². The third-order valence-corrected chi connectivity index (χ3v) is 3.60. The number of hydrogen-bond acceptors (Lipinski definition) is 4. The number of benzene rings is 1. The van der Waals surface area contributed by atoms with Crippen LogP contribution in [0.15, 0.2) is 50.0 Å². The van der Waals surface area contributed by atoms with Crippen molar-refractivity contribution in [2.75, 3.05) is 0 Å². The fourth-order valence-corrected chi connectivity index (χ4v) is 2.55. The summed E-state index contributed by atoms with van der Waals surface area (Å²) < 4.78 is 11.2. The lowest BCUT2D eigenvalue weighted by Crippen LogP contribution is -2.06. The van der Waals surface area contributed by atoms with Gasteiger partial charge in [-0.1, -0.05) is 18.2 Å². The molecule has 0 spiro atoms. The summed E-state index contributed by atoms with van der Waals surface area (Å²) in [6.45, 7) is 3.38. The standard InChI is InChI=1S/C18H16O4/c1-11(19)7-9-16-17(15-10-8-12(2)21-15)13-5-3-4-6-14(13)18(20)22-16/h3-6,8,10H,7,9H2,1-2H3. The van der Waals surface area contributed by atoms with E-state index in [1.807, 2.05) is 31.2 Å². The van der Waals surface area contributed by atoms with Crippen LogP contribution < -0.4 is 5.63 Å². The average molecular weight is 296 g/mol. The molecule has 0 radical (unpaired) electrons. The highest BCUT2D eigenvalue weighted by molar-refractivity contribution is 5.95. The molecule has 4 heteroatoms. The Labute approximate surface area is 127 Å². The zero-order valence-corrected chi connectivity index (χ0v) is 12.5. The van der Waals surface area contributed by atoms with Crippen molar-refractivity contribution in [1.82, 2.24) is 0 Å². The van der Waals surface area contributed by atoms with E-state index >= 15 is 0 Å². The first-order chi connectivity index (χ1) is 10.6. The van der Waals surface area contributed by atoms with Gasteiger partial charge in [-0.2, -0.15) is 0 Å². The smallest absolute Gasteiger partial charge is 0.343 e. The Morgan fingerprint density at radius 2 is 1.77 bits per heavy atom. The first kappa shape index (κ1) is 14.3. The molecule has 4 nitrogen and oxygen atoms in total. The molecule has 3 rings (SSSR count). The molecule has 22 heavy (non-hydrogen) atoms. The van der Waals surface area contributed by atoms with Crippen LogP contribution in [0.5, 0.6) is 0 Å². The summed E-state index contributed by atoms with van der Waals surface area (Å²) in [7, 11) is 0. The van der Waals surface area contributed by atoms with Crippen molar-refractivity contribution in [3.63, 3.8) is 0 Å². The van der Waals surface area contributed by atoms with E-state index in [2.05, 4.69) is 0 Å². The van der Waals surface area contributed by atoms with Gasteiger partial charge in [-0.15, -0.1) is 0 Å². The number of hydrogen-bond donors (Lipinski definition) is 0. The number of fused-ring (bicyclic) bond motifs is 1. The second-order valence-corrected chi connectivity index (χ2v) is 5.35. The summed E-state index contributed by atoms with van der Waals surface area (Å²) in [5, 5.41) is 1.30. The van der Waals surface area contributed by atoms with Crippen molar-refractivity contribution in [1.29, 1.82) is 0 Å². The van der Waals surface area contributed by atoms with Crippen molar-refractivity contribution < 1.29 is 13.6 Å². The lowest BCUT2D eigenvalue weighted by Gasteiger charge is -2.09. The highest BCUT2D eigenvalue weighted by atomic mass is 16.4. The van der Waals surface area contributed by atoms with Crippen LogP contribution in [-0.2, 0) is 11.2 Å². The van der Waals surface area contributed by atoms with Gasteiger partial charge in [0.25, 0.3) is 0 Å². The van der Waals surface area contributed by atoms with Gasteiger partial charge in [0.15, 0.2) is 0 Å². The minimum Gasteiger partial charge on any atom is -0.461 e. The molecule has 0 aliphatic carbocycles. The minimum absolute atomic E-state index is 0.0531. The van der Waals surface area contributed by atoms with E-state index in [1.165, 1.54) is 6.92 Å². The van der Waals surface area contributed by atoms with Crippen molar-refractivity contribution in [2.24, 2.45) is 0 Å². The van der Waals surface area contributed by atoms with Gasteiger partial charge in [0.05, 0.1) is 10.9 Å². The van der Waals surface area contributed by atoms with E-state index in [0.29, 0.717) is 29.7 Å². The predicted octanol–water partition coefficient (Wildman–Crippen LogP) is 3.88. The van der Waals surface area contributed by atoms with Gasteiger partial charge in [-0.05, 0) is 32.0 Å². The number of furan rings is 1. The number of Topliss-reactive ketones (excluding diaryl/α,β-unsaturated/α-hetero) is 1. The van der Waals surface area contributed by atoms with Gasteiger partial charge in [0.2, 0.25) is 0 Å². The summed E-state index contributed by atoms with van der Waals surface area (Å²) >= 11 is 0. The van der Waals surface area contributed by atoms with E-state index in [-0.39, 0.29) is 11.4 Å². The normalized spacial score (nSPS) is 11.0. The van der Waals surface area contributed by atoms with Gasteiger partial charge in [0.1, 0.15) is 23.1 Å². The molecule has 3 aromatic rings. The van der Waals surface area contributed by atoms with Gasteiger partial charge in [-0.25, -0.2) is 4.79 Å². The number of rotatable bonds is 4. The maximum atomic E-state index is 12.2. The van der Waals surface area contributed by atoms with Gasteiger partial charge in [-0.3, -0.25) is 0 Å². The molecule has 0 saturated carbocycles. The first-order valence-electron chi connectivity index (χ1n) is 7.17. The topological polar surface area (TPSA) is 60.4 Å².